The quantitative estimate of drug-likeness (QED) is 0.0671. The van der Waals surface area contributed by atoms with Gasteiger partial charge in [-0.15, -0.1) is 9.42 Å². The second kappa shape index (κ2) is 17.0. The zero-order valence-electron chi connectivity index (χ0n) is 36.0. The molecule has 332 valence electrons. The number of rotatable bonds is 14. The van der Waals surface area contributed by atoms with Gasteiger partial charge in [-0.3, -0.25) is 23.5 Å². The third-order valence-corrected chi connectivity index (χ3v) is 17.5. The first kappa shape index (κ1) is 44.4. The van der Waals surface area contributed by atoms with Gasteiger partial charge in [0.2, 0.25) is 10.9 Å². The number of aliphatic hydroxyl groups is 1. The second-order valence-electron chi connectivity index (χ2n) is 17.6. The molecular formula is C41H50N10O10PSi+. The lowest BCUT2D eigenvalue weighted by atomic mass is 9.94. The average molecular weight is 902 g/mol. The van der Waals surface area contributed by atoms with Crippen molar-refractivity contribution in [2.45, 2.75) is 115 Å². The SMILES string of the molecule is Cc1nc(C)c2ncn([C@@H]3O[C@H](CO)C(C)[C@@H]3Nc3c(CC[C@H]4O[C@@H](n5cnc6c(NC(=O)c7ccccc7)ncnc65)[C@@H](O[Si](C)(C)C(C)(C)C)C4O[P+](=O)O)c(=O)c3=O)c2n1. The standard InChI is InChI=1S/C41H49N10O10PSi/c1-20-26(16-52)59-39(51-18-44-28-21(2)46-22(3)47-37(28)51)27(20)48-29-24(31(53)32(29)54)14-15-25-33(60-62(56)57)34(61-63(7,8)41(4,5)6)40(58-25)50-19-45-30-35(42-17-43-36(30)50)49-38(55)23-12-10-9-11-13-23/h9-13,17-20,25-27,33-34,39-40,52H,14-16H2,1-8H3,(H2-,42,43,48,49,53,55,56,57)/p+1/t20?,25-,26-,27+,33?,34+,39-,40-/m1/s1. The summed E-state index contributed by atoms with van der Waals surface area (Å²) in [5.41, 5.74) is 1.68. The van der Waals surface area contributed by atoms with Gasteiger partial charge in [0, 0.05) is 21.6 Å². The van der Waals surface area contributed by atoms with E-state index in [1.54, 1.807) is 52.7 Å². The molecule has 0 aliphatic carbocycles. The van der Waals surface area contributed by atoms with Crippen LogP contribution in [0.3, 0.4) is 0 Å². The Hall–Kier alpha value is -5.25. The Bertz CT molecular complexity index is 2770. The number of fused-ring (bicyclic) bond motifs is 2. The first-order chi connectivity index (χ1) is 29.9. The van der Waals surface area contributed by atoms with Gasteiger partial charge in [-0.25, -0.2) is 29.9 Å². The van der Waals surface area contributed by atoms with Crippen molar-refractivity contribution >= 4 is 56.3 Å². The Kier molecular flexibility index (Phi) is 12.0. The molecule has 9 atom stereocenters. The molecule has 0 saturated carbocycles. The normalized spacial score (nSPS) is 24.4. The van der Waals surface area contributed by atoms with Crippen LogP contribution in [0.2, 0.25) is 18.1 Å². The van der Waals surface area contributed by atoms with E-state index in [2.05, 4.69) is 61.3 Å². The van der Waals surface area contributed by atoms with Crippen LogP contribution in [0.25, 0.3) is 22.3 Å². The molecule has 2 fully saturated rings. The zero-order chi connectivity index (χ0) is 45.1. The molecule has 63 heavy (non-hydrogen) atoms. The van der Waals surface area contributed by atoms with Gasteiger partial charge in [-0.05, 0) is 57.0 Å². The van der Waals surface area contributed by atoms with Gasteiger partial charge >= 0.3 is 8.25 Å². The number of aliphatic hydroxyl groups excluding tert-OH is 1. The van der Waals surface area contributed by atoms with E-state index < -0.39 is 76.3 Å². The second-order valence-corrected chi connectivity index (χ2v) is 23.0. The van der Waals surface area contributed by atoms with Crippen molar-refractivity contribution in [3.8, 4) is 0 Å². The molecule has 2 aliphatic heterocycles. The predicted molar refractivity (Wildman–Crippen MR) is 232 cm³/mol. The monoisotopic (exact) mass is 901 g/mol. The minimum atomic E-state index is -3.17. The number of benzene rings is 1. The minimum absolute atomic E-state index is 0.0252. The number of hydrogen-bond donors (Lipinski definition) is 4. The summed E-state index contributed by atoms with van der Waals surface area (Å²) in [5, 5.41) is 16.0. The van der Waals surface area contributed by atoms with Crippen LogP contribution in [-0.4, -0.2) is 100 Å². The molecule has 4 N–H and O–H groups in total. The van der Waals surface area contributed by atoms with Gasteiger partial charge in [0.1, 0.15) is 23.8 Å². The predicted octanol–water partition coefficient (Wildman–Crippen LogP) is 4.39. The number of anilines is 2. The van der Waals surface area contributed by atoms with Crippen LogP contribution in [-0.2, 0) is 29.4 Å². The van der Waals surface area contributed by atoms with Crippen molar-refractivity contribution in [1.82, 2.24) is 39.0 Å². The fraction of sp³-hybridized carbons (Fsp3) is 0.488. The number of carbonyl (C=O) groups is 1. The summed E-state index contributed by atoms with van der Waals surface area (Å²) in [6, 6.07) is 8.04. The smallest absolute Gasteiger partial charge is 0.406 e. The molecular weight excluding hydrogens is 852 g/mol. The van der Waals surface area contributed by atoms with Crippen LogP contribution in [0, 0.1) is 19.8 Å². The maximum Gasteiger partial charge on any atom is 0.695 e. The van der Waals surface area contributed by atoms with Crippen LogP contribution in [0.4, 0.5) is 11.5 Å². The van der Waals surface area contributed by atoms with Gasteiger partial charge in [0.15, 0.2) is 49.5 Å². The molecule has 3 unspecified atom stereocenters. The molecule has 1 amide bonds. The van der Waals surface area contributed by atoms with E-state index in [1.165, 1.54) is 12.7 Å². The summed E-state index contributed by atoms with van der Waals surface area (Å²) in [4.78, 5) is 76.9. The van der Waals surface area contributed by atoms with E-state index in [4.69, 9.17) is 18.4 Å². The van der Waals surface area contributed by atoms with Gasteiger partial charge in [0.25, 0.3) is 5.91 Å². The Labute approximate surface area is 363 Å². The van der Waals surface area contributed by atoms with E-state index in [9.17, 15) is 28.9 Å². The number of nitrogens with one attached hydrogen (secondary N) is 2. The Morgan fingerprint density at radius 2 is 1.60 bits per heavy atom. The highest BCUT2D eigenvalue weighted by molar-refractivity contribution is 7.32. The zero-order valence-corrected chi connectivity index (χ0v) is 37.9. The first-order valence-corrected chi connectivity index (χ1v) is 24.6. The summed E-state index contributed by atoms with van der Waals surface area (Å²) >= 11 is 0. The number of aromatic nitrogens is 8. The van der Waals surface area contributed by atoms with Gasteiger partial charge in [-0.1, -0.05) is 45.9 Å². The van der Waals surface area contributed by atoms with Crippen molar-refractivity contribution in [2.24, 2.45) is 5.92 Å². The number of hydrogen-bond acceptors (Lipinski definition) is 16. The summed E-state index contributed by atoms with van der Waals surface area (Å²) in [5.74, 6) is -0.0358. The summed E-state index contributed by atoms with van der Waals surface area (Å²) in [6.45, 7) is 15.4. The Balaban J connectivity index is 1.10. The number of carbonyl (C=O) groups excluding carboxylic acids is 1. The molecule has 6 heterocycles. The Morgan fingerprint density at radius 3 is 2.29 bits per heavy atom. The average Bonchev–Trinajstić information content (AvgIpc) is 4.01. The molecule has 6 aromatic rings. The van der Waals surface area contributed by atoms with Crippen molar-refractivity contribution in [3.63, 3.8) is 0 Å². The molecule has 22 heteroatoms. The molecule has 0 bridgehead atoms. The maximum atomic E-state index is 13.3. The fourth-order valence-electron chi connectivity index (χ4n) is 8.13. The number of amides is 1. The van der Waals surface area contributed by atoms with Gasteiger partial charge < -0.3 is 29.6 Å². The lowest BCUT2D eigenvalue weighted by molar-refractivity contribution is -0.0337. The number of ether oxygens (including phenoxy) is 2. The van der Waals surface area contributed by atoms with E-state index in [-0.39, 0.29) is 58.6 Å². The first-order valence-electron chi connectivity index (χ1n) is 20.6. The van der Waals surface area contributed by atoms with Crippen molar-refractivity contribution in [2.75, 3.05) is 17.2 Å². The van der Waals surface area contributed by atoms with Crippen LogP contribution in [0.5, 0.6) is 0 Å². The third-order valence-electron chi connectivity index (χ3n) is 12.6. The molecule has 2 aliphatic rings. The van der Waals surface area contributed by atoms with Crippen LogP contribution in [0.1, 0.15) is 74.0 Å². The number of aryl methyl sites for hydroxylation is 2. The van der Waals surface area contributed by atoms with E-state index in [1.807, 2.05) is 26.9 Å². The van der Waals surface area contributed by atoms with Gasteiger partial charge in [0.05, 0.1) is 48.9 Å². The lowest BCUT2D eigenvalue weighted by Gasteiger charge is -2.40. The number of imidazole rings is 2. The molecule has 0 radical (unpaired) electrons. The topological polar surface area (TPSA) is 257 Å². The minimum Gasteiger partial charge on any atom is -0.406 e. The van der Waals surface area contributed by atoms with Crippen molar-refractivity contribution in [1.29, 1.82) is 0 Å². The third kappa shape index (κ3) is 8.23. The van der Waals surface area contributed by atoms with E-state index in [0.29, 0.717) is 28.2 Å². The summed E-state index contributed by atoms with van der Waals surface area (Å²) in [7, 11) is -5.84. The van der Waals surface area contributed by atoms with Crippen LogP contribution in [0.15, 0.2) is 58.9 Å². The van der Waals surface area contributed by atoms with Crippen molar-refractivity contribution in [3.05, 3.63) is 92.4 Å². The van der Waals surface area contributed by atoms with Gasteiger partial charge in [-0.2, -0.15) is 0 Å². The lowest BCUT2D eigenvalue weighted by Crippen LogP contribution is -2.49. The molecule has 2 aromatic carbocycles. The summed E-state index contributed by atoms with van der Waals surface area (Å²) in [6.07, 6.45) is -0.988. The molecule has 0 spiro atoms. The maximum absolute atomic E-state index is 13.3. The van der Waals surface area contributed by atoms with Crippen LogP contribution < -0.4 is 21.5 Å². The highest BCUT2D eigenvalue weighted by Gasteiger charge is 2.55. The van der Waals surface area contributed by atoms with Crippen LogP contribution >= 0.6 is 8.25 Å². The molecule has 8 rings (SSSR count). The van der Waals surface area contributed by atoms with E-state index >= 15 is 0 Å². The molecule has 20 nitrogen and oxygen atoms in total. The fourth-order valence-corrected chi connectivity index (χ4v) is 9.88. The summed E-state index contributed by atoms with van der Waals surface area (Å²) < 4.78 is 41.6. The largest absolute Gasteiger partial charge is 0.695 e. The van der Waals surface area contributed by atoms with E-state index in [0.717, 1.165) is 0 Å². The Morgan fingerprint density at radius 1 is 0.921 bits per heavy atom. The number of nitrogens with zero attached hydrogens (tertiary/aromatic N) is 8. The molecule has 4 aromatic heterocycles. The highest BCUT2D eigenvalue weighted by atomic mass is 31.1. The molecule has 2 saturated heterocycles. The highest BCUT2D eigenvalue weighted by Crippen LogP contribution is 2.46. The van der Waals surface area contributed by atoms with Crippen molar-refractivity contribution < 1.29 is 37.8 Å².